The van der Waals surface area contributed by atoms with Gasteiger partial charge in [0.1, 0.15) is 11.8 Å². The molecule has 1 atom stereocenters. The number of hydroxylamine groups is 1. The van der Waals surface area contributed by atoms with E-state index in [0.717, 1.165) is 4.31 Å². The third-order valence-electron chi connectivity index (χ3n) is 5.60. The number of aliphatic hydroxyl groups is 1. The van der Waals surface area contributed by atoms with Crippen molar-refractivity contribution in [2.24, 2.45) is 5.92 Å². The molecule has 3 rings (SSSR count). The fourth-order valence-corrected chi connectivity index (χ4v) is 5.59. The molecular formula is C21H28ClN3O6S. The van der Waals surface area contributed by atoms with Gasteiger partial charge in [-0.05, 0) is 67.5 Å². The average Bonchev–Trinajstić information content (AvgIpc) is 2.80. The Hall–Kier alpha value is -2.24. The average molecular weight is 486 g/mol. The Kier molecular flexibility index (Phi) is 9.41. The Morgan fingerprint density at radius 2 is 1.88 bits per heavy atom. The molecule has 3 N–H and O–H groups in total. The number of aliphatic hydroxyl groups excluding tert-OH is 1. The molecule has 1 fully saturated rings. The quantitative estimate of drug-likeness (QED) is 0.385. The first-order valence-electron chi connectivity index (χ1n) is 10.0. The minimum Gasteiger partial charge on any atom is -0.497 e. The zero-order valence-electron chi connectivity index (χ0n) is 17.6. The predicted octanol–water partition coefficient (Wildman–Crippen LogP) is 2.13. The zero-order chi connectivity index (χ0) is 22.4. The predicted molar refractivity (Wildman–Crippen MR) is 119 cm³/mol. The van der Waals surface area contributed by atoms with Gasteiger partial charge in [-0.2, -0.15) is 4.31 Å². The van der Waals surface area contributed by atoms with Crippen molar-refractivity contribution in [3.05, 3.63) is 54.4 Å². The van der Waals surface area contributed by atoms with Crippen molar-refractivity contribution in [2.45, 2.75) is 49.3 Å². The summed E-state index contributed by atoms with van der Waals surface area (Å²) in [4.78, 5) is 16.8. The molecule has 0 spiro atoms. The Morgan fingerprint density at radius 1 is 1.22 bits per heavy atom. The minimum absolute atomic E-state index is 0. The van der Waals surface area contributed by atoms with E-state index in [1.54, 1.807) is 23.8 Å². The maximum atomic E-state index is 13.7. The van der Waals surface area contributed by atoms with Crippen molar-refractivity contribution in [2.75, 3.05) is 7.11 Å². The van der Waals surface area contributed by atoms with Crippen LogP contribution in [0.25, 0.3) is 0 Å². The summed E-state index contributed by atoms with van der Waals surface area (Å²) >= 11 is 0. The number of methoxy groups -OCH3 is 1. The third-order valence-corrected chi connectivity index (χ3v) is 7.45. The second-order valence-electron chi connectivity index (χ2n) is 7.58. The van der Waals surface area contributed by atoms with E-state index in [-0.39, 0.29) is 29.8 Å². The summed E-state index contributed by atoms with van der Waals surface area (Å²) in [6.45, 7) is -0.0979. The molecule has 1 saturated carbocycles. The van der Waals surface area contributed by atoms with E-state index in [2.05, 4.69) is 4.98 Å². The second kappa shape index (κ2) is 11.6. The van der Waals surface area contributed by atoms with E-state index in [4.69, 9.17) is 4.74 Å². The normalized spacial score (nSPS) is 19.6. The number of ether oxygens (including phenoxy) is 1. The van der Waals surface area contributed by atoms with Gasteiger partial charge in [0.05, 0.1) is 18.1 Å². The highest BCUT2D eigenvalue weighted by Gasteiger charge is 2.42. The first-order chi connectivity index (χ1) is 14.9. The topological polar surface area (TPSA) is 129 Å². The number of hydrogen-bond donors (Lipinski definition) is 3. The molecule has 1 amide bonds. The molecule has 9 nitrogen and oxygen atoms in total. The molecule has 1 aliphatic rings. The van der Waals surface area contributed by atoms with Crippen molar-refractivity contribution in [1.29, 1.82) is 0 Å². The Balaban J connectivity index is 0.00000363. The summed E-state index contributed by atoms with van der Waals surface area (Å²) in [7, 11) is -2.64. The molecule has 0 bridgehead atoms. The van der Waals surface area contributed by atoms with E-state index in [9.17, 15) is 23.5 Å². The van der Waals surface area contributed by atoms with Crippen molar-refractivity contribution < 1.29 is 28.3 Å². The van der Waals surface area contributed by atoms with E-state index in [0.29, 0.717) is 37.0 Å². The van der Waals surface area contributed by atoms with Crippen LogP contribution in [0.3, 0.4) is 0 Å². The van der Waals surface area contributed by atoms with Crippen LogP contribution in [-0.4, -0.2) is 53.2 Å². The maximum absolute atomic E-state index is 13.7. The number of benzene rings is 1. The smallest absolute Gasteiger partial charge is 0.262 e. The van der Waals surface area contributed by atoms with Gasteiger partial charge < -0.3 is 9.84 Å². The third kappa shape index (κ3) is 5.96. The van der Waals surface area contributed by atoms with E-state index < -0.39 is 28.1 Å². The van der Waals surface area contributed by atoms with Gasteiger partial charge in [0.2, 0.25) is 10.0 Å². The summed E-state index contributed by atoms with van der Waals surface area (Å²) in [5.41, 5.74) is 2.24. The number of aromatic nitrogens is 1. The minimum atomic E-state index is -4.13. The molecule has 1 aromatic carbocycles. The number of halogens is 1. The van der Waals surface area contributed by atoms with Crippen LogP contribution in [0.1, 0.15) is 31.2 Å². The van der Waals surface area contributed by atoms with Crippen LogP contribution in [0, 0.1) is 5.92 Å². The number of nitrogens with zero attached hydrogens (tertiary/aromatic N) is 2. The molecule has 11 heteroatoms. The van der Waals surface area contributed by atoms with Gasteiger partial charge in [-0.15, -0.1) is 12.4 Å². The highest BCUT2D eigenvalue weighted by Crippen LogP contribution is 2.33. The lowest BCUT2D eigenvalue weighted by molar-refractivity contribution is -0.136. The lowest BCUT2D eigenvalue weighted by Gasteiger charge is -2.37. The molecule has 0 aliphatic heterocycles. The van der Waals surface area contributed by atoms with Gasteiger partial charge in [-0.1, -0.05) is 6.07 Å². The van der Waals surface area contributed by atoms with Gasteiger partial charge in [0.25, 0.3) is 5.91 Å². The number of nitrogens with one attached hydrogen (secondary N) is 1. The first kappa shape index (κ1) is 26.0. The number of rotatable bonds is 8. The Morgan fingerprint density at radius 3 is 2.41 bits per heavy atom. The van der Waals surface area contributed by atoms with Crippen LogP contribution in [0.15, 0.2) is 53.7 Å². The zero-order valence-corrected chi connectivity index (χ0v) is 19.3. The fourth-order valence-electron chi connectivity index (χ4n) is 3.95. The molecule has 0 unspecified atom stereocenters. The maximum Gasteiger partial charge on any atom is 0.262 e. The number of carbonyl (C=O) groups is 1. The number of hydrogen-bond acceptors (Lipinski definition) is 7. The monoisotopic (exact) mass is 485 g/mol. The highest BCUT2D eigenvalue weighted by atomic mass is 35.5. The lowest BCUT2D eigenvalue weighted by atomic mass is 9.82. The van der Waals surface area contributed by atoms with Crippen LogP contribution in [-0.2, 0) is 21.4 Å². The van der Waals surface area contributed by atoms with Gasteiger partial charge in [-0.3, -0.25) is 15.0 Å². The van der Waals surface area contributed by atoms with Crippen LogP contribution in [0.4, 0.5) is 0 Å². The van der Waals surface area contributed by atoms with Crippen molar-refractivity contribution in [1.82, 2.24) is 14.8 Å². The molecular weight excluding hydrogens is 458 g/mol. The van der Waals surface area contributed by atoms with Gasteiger partial charge in [0.15, 0.2) is 0 Å². The SMILES string of the molecule is COc1ccc(S(=O)(=O)N(Cc2cccnc2)[C@@H](C(=O)NO)C2CCC(O)CC2)cc1.Cl. The summed E-state index contributed by atoms with van der Waals surface area (Å²) in [6, 6.07) is 8.17. The summed E-state index contributed by atoms with van der Waals surface area (Å²) < 4.78 is 33.5. The van der Waals surface area contributed by atoms with Crippen LogP contribution in [0.2, 0.25) is 0 Å². The number of pyridine rings is 1. The van der Waals surface area contributed by atoms with Crippen LogP contribution < -0.4 is 10.2 Å². The van der Waals surface area contributed by atoms with Crippen LogP contribution in [0.5, 0.6) is 5.75 Å². The van der Waals surface area contributed by atoms with Crippen LogP contribution >= 0.6 is 12.4 Å². The number of sulfonamides is 1. The molecule has 1 aromatic heterocycles. The van der Waals surface area contributed by atoms with Gasteiger partial charge in [-0.25, -0.2) is 13.9 Å². The summed E-state index contributed by atoms with van der Waals surface area (Å²) in [6.07, 6.45) is 4.48. The largest absolute Gasteiger partial charge is 0.497 e. The fraction of sp³-hybridized carbons (Fsp3) is 0.429. The summed E-state index contributed by atoms with van der Waals surface area (Å²) in [5.74, 6) is -0.661. The van der Waals surface area contributed by atoms with Crippen molar-refractivity contribution in [3.8, 4) is 5.75 Å². The number of carbonyl (C=O) groups excluding carboxylic acids is 1. The van der Waals surface area contributed by atoms with E-state index >= 15 is 0 Å². The molecule has 0 saturated heterocycles. The molecule has 176 valence electrons. The molecule has 0 radical (unpaired) electrons. The standard InChI is InChI=1S/C21H27N3O6S.ClH/c1-30-18-8-10-19(11-9-18)31(28,29)24(14-15-3-2-12-22-13-15)20(21(26)23-27)16-4-6-17(25)7-5-16;/h2-3,8-13,16-17,20,25,27H,4-7,14H2,1H3,(H,23,26);1H/t16?,17?,20-;/m1./s1. The Labute approximate surface area is 193 Å². The second-order valence-corrected chi connectivity index (χ2v) is 9.47. The Bertz CT molecular complexity index is 967. The van der Waals surface area contributed by atoms with Gasteiger partial charge in [0, 0.05) is 18.9 Å². The van der Waals surface area contributed by atoms with E-state index in [1.165, 1.54) is 37.6 Å². The molecule has 32 heavy (non-hydrogen) atoms. The lowest BCUT2D eigenvalue weighted by Crippen LogP contribution is -2.53. The molecule has 2 aromatic rings. The van der Waals surface area contributed by atoms with E-state index in [1.807, 2.05) is 0 Å². The highest BCUT2D eigenvalue weighted by molar-refractivity contribution is 7.89. The molecule has 1 aliphatic carbocycles. The van der Waals surface area contributed by atoms with Crippen molar-refractivity contribution in [3.63, 3.8) is 0 Å². The van der Waals surface area contributed by atoms with Gasteiger partial charge >= 0.3 is 0 Å². The summed E-state index contributed by atoms with van der Waals surface area (Å²) in [5, 5.41) is 19.3. The molecule has 1 heterocycles. The van der Waals surface area contributed by atoms with Crippen molar-refractivity contribution >= 4 is 28.3 Å². The first-order valence-corrected chi connectivity index (χ1v) is 11.5. The number of amides is 1.